The number of benzene rings is 4. The van der Waals surface area contributed by atoms with Crippen LogP contribution in [0.25, 0.3) is 0 Å². The van der Waals surface area contributed by atoms with Gasteiger partial charge in [0.05, 0.1) is 120 Å². The molecule has 40 heteroatoms. The van der Waals surface area contributed by atoms with E-state index in [0.29, 0.717) is 103 Å². The molecule has 0 radical (unpaired) electrons. The Morgan fingerprint density at radius 3 is 0.816 bits per heavy atom. The molecule has 4 amide bonds. The molecule has 0 aliphatic heterocycles. The van der Waals surface area contributed by atoms with Gasteiger partial charge in [-0.1, -0.05) is 85.1 Å². The Morgan fingerprint density at radius 2 is 0.608 bits per heavy atom. The van der Waals surface area contributed by atoms with E-state index in [1.54, 1.807) is 61.8 Å². The Hall–Kier alpha value is -11.2. The second kappa shape index (κ2) is 42.7. The molecule has 5 N–H and O–H groups in total. The molecule has 4 heterocycles. The molecule has 660 valence electrons. The van der Waals surface area contributed by atoms with Gasteiger partial charge in [-0.2, -0.15) is 0 Å². The molecule has 0 bridgehead atoms. The van der Waals surface area contributed by atoms with E-state index in [1.165, 1.54) is 91.9 Å². The highest BCUT2D eigenvalue weighted by atomic mass is 79.9. The minimum atomic E-state index is -3.33. The van der Waals surface area contributed by atoms with Crippen LogP contribution in [0.5, 0.6) is 0 Å². The number of hydrogen-bond donors (Lipinski definition) is 5. The number of carbonyl (C=O) groups excluding carboxylic acids is 5. The van der Waals surface area contributed by atoms with Crippen molar-refractivity contribution >= 4 is 131 Å². The summed E-state index contributed by atoms with van der Waals surface area (Å²) in [6.07, 6.45) is 32.7. The predicted molar refractivity (Wildman–Crippen MR) is 463 cm³/mol. The molecule has 16 rings (SSSR count). The van der Waals surface area contributed by atoms with Gasteiger partial charge in [0.15, 0.2) is 91.8 Å². The molecule has 4 aromatic carbocycles. The molecule has 0 atom stereocenters. The van der Waals surface area contributed by atoms with Gasteiger partial charge in [0.1, 0.15) is 30.1 Å². The summed E-state index contributed by atoms with van der Waals surface area (Å²) in [6.45, 7) is 0.0680. The Kier molecular flexibility index (Phi) is 31.2. The maximum Gasteiger partial charge on any atom is 0.279 e. The molecule has 0 saturated heterocycles. The summed E-state index contributed by atoms with van der Waals surface area (Å²) in [7, 11) is -11.7. The minimum Gasteiger partial charge on any atom is -0.392 e. The number of aromatic nitrogens is 8. The highest BCUT2D eigenvalue weighted by Gasteiger charge is 2.41. The minimum absolute atomic E-state index is 0.00327. The summed E-state index contributed by atoms with van der Waals surface area (Å²) in [5.74, 6) is -1.26. The summed E-state index contributed by atoms with van der Waals surface area (Å²) in [6, 6.07) is 24.6. The van der Waals surface area contributed by atoms with Crippen LogP contribution in [0.15, 0.2) is 187 Å². The van der Waals surface area contributed by atoms with Crippen molar-refractivity contribution in [3.63, 3.8) is 0 Å². The number of anilines is 4. The zero-order chi connectivity index (χ0) is 88.1. The van der Waals surface area contributed by atoms with Gasteiger partial charge in [0.2, 0.25) is 0 Å². The summed E-state index contributed by atoms with van der Waals surface area (Å²) < 4.78 is 105. The lowest BCUT2D eigenvalue weighted by molar-refractivity contribution is -0.111. The van der Waals surface area contributed by atoms with Gasteiger partial charge in [-0.25, -0.2) is 58.6 Å². The van der Waals surface area contributed by atoms with Crippen molar-refractivity contribution in [1.82, 2.24) is 39.9 Å². The Bertz CT molecular complexity index is 5520. The molecule has 125 heavy (non-hydrogen) atoms. The SMILES string of the molecule is COCc1cnc(NC(=O)/C(=N/OC2CCCC2)c2ccc(S(=O)(=O)C3CC3)cc2)cn1.O=C(Nc1cnc(CBr)cn1)/C(=N/OC1CCCC1)c1ccc(S(=O)(=O)C2CC2)cc1.O=C(Nc1cnc(CO)cn1)/C(=N/OC1CCCC1)c1ccc(S(=O)(=O)C2CC2)cc1.O=Cc1cnc(NC(=O)/C(=N/OC2CCCC2)c2ccc(S(=O)(=O)C3CC3)cc2)cn1. The fourth-order valence-electron chi connectivity index (χ4n) is 13.7. The smallest absolute Gasteiger partial charge is 0.279 e. The maximum absolute atomic E-state index is 13.0. The van der Waals surface area contributed by atoms with Crippen LogP contribution in [0.2, 0.25) is 0 Å². The highest BCUT2D eigenvalue weighted by molar-refractivity contribution is 9.08. The number of hydrogen-bond acceptors (Lipinski definition) is 31. The van der Waals surface area contributed by atoms with E-state index in [1.807, 2.05) is 0 Å². The van der Waals surface area contributed by atoms with Crippen LogP contribution in [-0.4, -0.2) is 184 Å². The number of nitrogens with zero attached hydrogens (tertiary/aromatic N) is 12. The fraction of sp³-hybridized carbons (Fsp3) is 0.424. The lowest BCUT2D eigenvalue weighted by atomic mass is 10.1. The number of alkyl halides is 1. The molecule has 8 aromatic rings. The number of amides is 4. The third-order valence-electron chi connectivity index (χ3n) is 21.4. The van der Waals surface area contributed by atoms with Crippen LogP contribution in [0.1, 0.15) is 204 Å². The zero-order valence-electron chi connectivity index (χ0n) is 68.3. The molecule has 35 nitrogen and oxygen atoms in total. The molecule has 4 aromatic heterocycles. The van der Waals surface area contributed by atoms with Crippen molar-refractivity contribution < 1.29 is 86.8 Å². The summed E-state index contributed by atoms with van der Waals surface area (Å²) in [4.78, 5) is 118. The first-order chi connectivity index (χ1) is 60.4. The first-order valence-electron chi connectivity index (χ1n) is 41.3. The van der Waals surface area contributed by atoms with Crippen LogP contribution in [0.4, 0.5) is 23.3 Å². The molecule has 8 saturated carbocycles. The number of rotatable bonds is 33. The number of aliphatic hydroxyl groups excluding tert-OH is 1. The number of carbonyl (C=O) groups is 5. The molecule has 8 fully saturated rings. The second-order valence-corrected chi connectivity index (χ2v) is 40.5. The number of methoxy groups -OCH3 is 1. The molecule has 8 aliphatic rings. The molecule has 8 aliphatic carbocycles. The van der Waals surface area contributed by atoms with Crippen LogP contribution in [0.3, 0.4) is 0 Å². The van der Waals surface area contributed by atoms with Gasteiger partial charge in [-0.05, 0) is 203 Å². The van der Waals surface area contributed by atoms with Crippen LogP contribution >= 0.6 is 15.9 Å². The zero-order valence-corrected chi connectivity index (χ0v) is 73.2. The molecule has 0 unspecified atom stereocenters. The van der Waals surface area contributed by atoms with Crippen molar-refractivity contribution in [3.8, 4) is 0 Å². The van der Waals surface area contributed by atoms with Gasteiger partial charge in [0.25, 0.3) is 23.6 Å². The van der Waals surface area contributed by atoms with Crippen LogP contribution in [0, 0.1) is 0 Å². The topological polar surface area (TPSA) is 489 Å². The average Bonchev–Trinajstić information content (AvgIpc) is 1.69. The Morgan fingerprint density at radius 1 is 0.360 bits per heavy atom. The van der Waals surface area contributed by atoms with Gasteiger partial charge in [0, 0.05) is 34.7 Å². The van der Waals surface area contributed by atoms with Gasteiger partial charge < -0.3 is 50.5 Å². The van der Waals surface area contributed by atoms with Crippen molar-refractivity contribution in [2.24, 2.45) is 20.6 Å². The van der Waals surface area contributed by atoms with E-state index in [4.69, 9.17) is 29.2 Å². The summed E-state index contributed by atoms with van der Waals surface area (Å²) >= 11 is 3.30. The standard InChI is InChI=1S/C22H26N4O5S.C21H23BrN4O4S.C21H24N4O5S.C21H22N4O5S/c1-30-14-16-12-24-20(13-23-16)25-22(27)21(26-31-17-4-2-3-5-17)15-6-8-18(9-7-15)32(28,29)19-10-11-19;22-11-15-12-24-19(13-23-15)25-21(27)20(26-30-16-3-1-2-4-16)14-5-7-17(8-6-14)31(28,29)18-9-10-18;2*26-13-15-11-23-19(12-22-15)24-21(27)20(25-30-16-3-1-2-4-16)14-5-7-17(8-6-14)31(28,29)18-9-10-18/h6-9,12-13,17,19H,2-5,10-11,14H2,1H3,(H,24,25,27);5-8,12-13,16,18H,1-4,9-11H2,(H,24,25,27);5-8,11-12,16,18,26H,1-4,9-10,13H2,(H,23,24,27);5-8,11-13,16,18H,1-4,9-10H2,(H,23,24,27)/b26-21+;26-20+;2*25-20+. The van der Waals surface area contributed by atoms with Crippen molar-refractivity contribution in [3.05, 3.63) is 192 Å². The van der Waals surface area contributed by atoms with Crippen LogP contribution in [-0.2, 0) is 101 Å². The number of oxime groups is 4. The summed E-state index contributed by atoms with van der Waals surface area (Å²) in [5.41, 5.74) is 3.82. The Labute approximate surface area is 731 Å². The number of aldehydes is 1. The van der Waals surface area contributed by atoms with E-state index in [9.17, 15) is 57.6 Å². The second-order valence-electron chi connectivity index (χ2n) is 31.0. The van der Waals surface area contributed by atoms with Gasteiger partial charge in [-0.15, -0.1) is 0 Å². The lowest BCUT2D eigenvalue weighted by Crippen LogP contribution is -2.25. The van der Waals surface area contributed by atoms with E-state index in [0.717, 1.165) is 108 Å². The average molecular weight is 1850 g/mol. The number of nitrogens with one attached hydrogen (secondary N) is 4. The lowest BCUT2D eigenvalue weighted by Gasteiger charge is -2.11. The molecular weight excluding hydrogens is 1760 g/mol. The number of sulfone groups is 4. The normalized spacial score (nSPS) is 17.4. The first kappa shape index (κ1) is 91.5. The molecular formula is C85H95BrN16O19S4. The quantitative estimate of drug-likeness (QED) is 0.0110. The number of ether oxygens (including phenoxy) is 1. The van der Waals surface area contributed by atoms with E-state index >= 15 is 0 Å². The van der Waals surface area contributed by atoms with Crippen molar-refractivity contribution in [1.29, 1.82) is 0 Å². The largest absolute Gasteiger partial charge is 0.392 e. The first-order valence-corrected chi connectivity index (χ1v) is 48.6. The maximum atomic E-state index is 13.0. The molecule has 0 spiro atoms. The third-order valence-corrected chi connectivity index (χ3v) is 31.1. The van der Waals surface area contributed by atoms with Crippen molar-refractivity contribution in [2.75, 3.05) is 28.4 Å². The number of halogens is 1. The number of aliphatic hydroxyl groups is 1. The highest BCUT2D eigenvalue weighted by Crippen LogP contribution is 2.38. The van der Waals surface area contributed by atoms with Gasteiger partial charge >= 0.3 is 0 Å². The van der Waals surface area contributed by atoms with E-state index in [-0.39, 0.29) is 123 Å². The summed E-state index contributed by atoms with van der Waals surface area (Å²) in [5, 5.41) is 35.5. The predicted octanol–water partition coefficient (Wildman–Crippen LogP) is 11.2. The third kappa shape index (κ3) is 25.3. The Balaban J connectivity index is 0.000000143. The van der Waals surface area contributed by atoms with Crippen LogP contribution < -0.4 is 21.3 Å². The monoisotopic (exact) mass is 1850 g/mol. The van der Waals surface area contributed by atoms with E-state index < -0.39 is 63.0 Å². The fourth-order valence-corrected chi connectivity index (χ4v) is 20.6. The van der Waals surface area contributed by atoms with E-state index in [2.05, 4.69) is 97.7 Å². The van der Waals surface area contributed by atoms with Crippen molar-refractivity contribution in [2.45, 2.75) is 238 Å². The van der Waals surface area contributed by atoms with Gasteiger partial charge in [-0.3, -0.25) is 38.9 Å².